The van der Waals surface area contributed by atoms with E-state index in [1.54, 1.807) is 0 Å². The fourth-order valence-electron chi connectivity index (χ4n) is 4.90. The lowest BCUT2D eigenvalue weighted by Gasteiger charge is -2.19. The first-order chi connectivity index (χ1) is 25.1. The number of hydrogen-bond acceptors (Lipinski definition) is 8. The standard InChI is InChI=1S/C41H69O10P/c1-3-5-7-9-11-13-15-17-18-19-21-23-25-27-29-33-40(44)49-35-37(36-50-52(46,47)48)51-41(45)34-30-32-39(43)38(42)31-28-26-24-22-20-16-14-12-10-8-6-4-2/h5,7,11-14,17-18,20,22,26,28,37-39,42-43H,3-4,6,8-10,15-16,19,21,23-25,27,29-36H2,1-2H3,(H2,46,47,48)/b7-5-,13-11-,14-12-,18-17-,22-20-,28-26-/t37-,38?,39?/m1/s1. The lowest BCUT2D eigenvalue weighted by molar-refractivity contribution is -0.161. The maximum Gasteiger partial charge on any atom is 0.469 e. The summed E-state index contributed by atoms with van der Waals surface area (Å²) in [4.78, 5) is 42.8. The quantitative estimate of drug-likeness (QED) is 0.0216. The van der Waals surface area contributed by atoms with Crippen LogP contribution in [0.3, 0.4) is 0 Å². The lowest BCUT2D eigenvalue weighted by atomic mass is 10.0. The van der Waals surface area contributed by atoms with Crippen molar-refractivity contribution in [2.75, 3.05) is 13.2 Å². The number of aliphatic hydroxyl groups excluding tert-OH is 2. The van der Waals surface area contributed by atoms with Gasteiger partial charge in [0.1, 0.15) is 6.61 Å². The molecule has 0 amide bonds. The van der Waals surface area contributed by atoms with E-state index in [1.165, 1.54) is 19.3 Å². The molecule has 0 fully saturated rings. The van der Waals surface area contributed by atoms with Crippen LogP contribution in [0.15, 0.2) is 72.9 Å². The van der Waals surface area contributed by atoms with Gasteiger partial charge in [0, 0.05) is 12.8 Å². The van der Waals surface area contributed by atoms with Crippen molar-refractivity contribution in [2.24, 2.45) is 0 Å². The fourth-order valence-corrected chi connectivity index (χ4v) is 5.26. The Morgan fingerprint density at radius 2 is 1.12 bits per heavy atom. The Morgan fingerprint density at radius 1 is 0.596 bits per heavy atom. The zero-order chi connectivity index (χ0) is 38.5. The predicted octanol–water partition coefficient (Wildman–Crippen LogP) is 9.45. The molecule has 0 aliphatic heterocycles. The molecule has 52 heavy (non-hydrogen) atoms. The van der Waals surface area contributed by atoms with E-state index in [-0.39, 0.29) is 32.1 Å². The van der Waals surface area contributed by atoms with E-state index < -0.39 is 51.3 Å². The fraction of sp³-hybridized carbons (Fsp3) is 0.659. The highest BCUT2D eigenvalue weighted by Crippen LogP contribution is 2.36. The third-order valence-electron chi connectivity index (χ3n) is 7.91. The molecule has 0 saturated carbocycles. The van der Waals surface area contributed by atoms with Gasteiger partial charge in [-0.25, -0.2) is 4.57 Å². The minimum atomic E-state index is -4.84. The van der Waals surface area contributed by atoms with E-state index in [0.29, 0.717) is 6.42 Å². The molecule has 11 heteroatoms. The van der Waals surface area contributed by atoms with Gasteiger partial charge in [-0.3, -0.25) is 14.1 Å². The molecule has 298 valence electrons. The summed E-state index contributed by atoms with van der Waals surface area (Å²) in [6.07, 6.45) is 37.9. The second-order valence-corrected chi connectivity index (χ2v) is 14.1. The van der Waals surface area contributed by atoms with E-state index in [9.17, 15) is 24.4 Å². The SMILES string of the molecule is CC/C=C\C/C=C\C/C=C\CCCCCCCC(=O)OC[C@H](COP(=O)(O)O)OC(=O)CCCC(O)C(O)C/C=C\C/C=C\C/C=C\CCCCC. The molecule has 0 aromatic rings. The third-order valence-corrected chi connectivity index (χ3v) is 8.40. The summed E-state index contributed by atoms with van der Waals surface area (Å²) in [5, 5.41) is 20.5. The number of carbonyl (C=O) groups is 2. The molecular formula is C41H69O10P. The summed E-state index contributed by atoms with van der Waals surface area (Å²) in [5.41, 5.74) is 0. The van der Waals surface area contributed by atoms with Gasteiger partial charge >= 0.3 is 19.8 Å². The smallest absolute Gasteiger partial charge is 0.462 e. The van der Waals surface area contributed by atoms with Crippen LogP contribution in [-0.4, -0.2) is 63.5 Å². The first-order valence-electron chi connectivity index (χ1n) is 19.4. The number of allylic oxidation sites excluding steroid dienone is 11. The van der Waals surface area contributed by atoms with E-state index >= 15 is 0 Å². The zero-order valence-electron chi connectivity index (χ0n) is 31.9. The molecule has 3 atom stereocenters. The van der Waals surface area contributed by atoms with Crippen LogP contribution in [-0.2, 0) is 28.2 Å². The van der Waals surface area contributed by atoms with Gasteiger partial charge in [-0.05, 0) is 83.5 Å². The molecule has 0 rings (SSSR count). The van der Waals surface area contributed by atoms with E-state index in [2.05, 4.69) is 79.1 Å². The Balaban J connectivity index is 4.26. The molecule has 0 aromatic heterocycles. The van der Waals surface area contributed by atoms with Crippen molar-refractivity contribution in [3.05, 3.63) is 72.9 Å². The minimum absolute atomic E-state index is 0.110. The van der Waals surface area contributed by atoms with E-state index in [1.807, 2.05) is 12.2 Å². The highest BCUT2D eigenvalue weighted by molar-refractivity contribution is 7.46. The molecule has 0 heterocycles. The van der Waals surface area contributed by atoms with Gasteiger partial charge in [-0.15, -0.1) is 0 Å². The number of ether oxygens (including phenoxy) is 2. The number of phosphoric ester groups is 1. The number of esters is 2. The molecular weight excluding hydrogens is 683 g/mol. The second kappa shape index (κ2) is 35.4. The highest BCUT2D eigenvalue weighted by Gasteiger charge is 2.23. The number of unbranched alkanes of at least 4 members (excludes halogenated alkanes) is 8. The van der Waals surface area contributed by atoms with Crippen molar-refractivity contribution >= 4 is 19.8 Å². The summed E-state index contributed by atoms with van der Waals surface area (Å²) >= 11 is 0. The molecule has 0 aliphatic carbocycles. The van der Waals surface area contributed by atoms with E-state index in [0.717, 1.165) is 70.6 Å². The van der Waals surface area contributed by atoms with Gasteiger partial charge in [-0.1, -0.05) is 119 Å². The van der Waals surface area contributed by atoms with Crippen LogP contribution in [0.25, 0.3) is 0 Å². The first-order valence-corrected chi connectivity index (χ1v) is 20.9. The van der Waals surface area contributed by atoms with Crippen molar-refractivity contribution in [2.45, 2.75) is 161 Å². The van der Waals surface area contributed by atoms with Crippen molar-refractivity contribution in [3.8, 4) is 0 Å². The van der Waals surface area contributed by atoms with Gasteiger partial charge in [0.05, 0.1) is 18.8 Å². The number of phosphoric acid groups is 1. The molecule has 2 unspecified atom stereocenters. The maximum atomic E-state index is 12.4. The van der Waals surface area contributed by atoms with Crippen LogP contribution in [0.1, 0.15) is 142 Å². The summed E-state index contributed by atoms with van der Waals surface area (Å²) in [5.74, 6) is -1.20. The van der Waals surface area contributed by atoms with Gasteiger partial charge in [0.15, 0.2) is 6.10 Å². The Kier molecular flexibility index (Phi) is 33.7. The van der Waals surface area contributed by atoms with Gasteiger partial charge in [0.25, 0.3) is 0 Å². The second-order valence-electron chi connectivity index (χ2n) is 12.8. The average molecular weight is 753 g/mol. The van der Waals surface area contributed by atoms with Gasteiger partial charge in [-0.2, -0.15) is 0 Å². The Hall–Kier alpha value is -2.59. The Morgan fingerprint density at radius 3 is 1.71 bits per heavy atom. The third kappa shape index (κ3) is 35.8. The maximum absolute atomic E-state index is 12.4. The molecule has 0 saturated heterocycles. The van der Waals surface area contributed by atoms with Crippen molar-refractivity contribution in [1.29, 1.82) is 0 Å². The Labute approximate surface area is 314 Å². The molecule has 0 radical (unpaired) electrons. The lowest BCUT2D eigenvalue weighted by Crippen LogP contribution is -2.30. The largest absolute Gasteiger partial charge is 0.469 e. The molecule has 4 N–H and O–H groups in total. The molecule has 0 bridgehead atoms. The summed E-state index contributed by atoms with van der Waals surface area (Å²) in [6, 6.07) is 0. The molecule has 0 aliphatic rings. The Bertz CT molecular complexity index is 1100. The van der Waals surface area contributed by atoms with Gasteiger partial charge < -0.3 is 29.5 Å². The molecule has 0 aromatic carbocycles. The molecule has 0 spiro atoms. The van der Waals surface area contributed by atoms with Crippen LogP contribution < -0.4 is 0 Å². The van der Waals surface area contributed by atoms with Crippen molar-refractivity contribution in [1.82, 2.24) is 0 Å². The van der Waals surface area contributed by atoms with Crippen LogP contribution in [0, 0.1) is 0 Å². The van der Waals surface area contributed by atoms with Crippen molar-refractivity contribution in [3.63, 3.8) is 0 Å². The summed E-state index contributed by atoms with van der Waals surface area (Å²) in [7, 11) is -4.84. The number of rotatable bonds is 34. The normalized spacial score (nSPS) is 14.5. The van der Waals surface area contributed by atoms with Crippen molar-refractivity contribution < 1.29 is 48.2 Å². The van der Waals surface area contributed by atoms with Crippen LogP contribution in [0.2, 0.25) is 0 Å². The number of hydrogen-bond donors (Lipinski definition) is 4. The molecule has 10 nitrogen and oxygen atoms in total. The highest BCUT2D eigenvalue weighted by atomic mass is 31.2. The summed E-state index contributed by atoms with van der Waals surface area (Å²) in [6.45, 7) is 3.26. The van der Waals surface area contributed by atoms with E-state index in [4.69, 9.17) is 19.3 Å². The van der Waals surface area contributed by atoms with Crippen LogP contribution >= 0.6 is 7.82 Å². The topological polar surface area (TPSA) is 160 Å². The number of aliphatic hydroxyl groups is 2. The average Bonchev–Trinajstić information content (AvgIpc) is 3.11. The monoisotopic (exact) mass is 752 g/mol. The number of carbonyl (C=O) groups excluding carboxylic acids is 2. The van der Waals surface area contributed by atoms with Gasteiger partial charge in [0.2, 0.25) is 0 Å². The predicted molar refractivity (Wildman–Crippen MR) is 209 cm³/mol. The first kappa shape index (κ1) is 49.4. The van der Waals surface area contributed by atoms with Crippen LogP contribution in [0.4, 0.5) is 0 Å². The van der Waals surface area contributed by atoms with Crippen LogP contribution in [0.5, 0.6) is 0 Å². The summed E-state index contributed by atoms with van der Waals surface area (Å²) < 4.78 is 26.1. The minimum Gasteiger partial charge on any atom is -0.462 e. The zero-order valence-corrected chi connectivity index (χ0v) is 32.8.